The summed E-state index contributed by atoms with van der Waals surface area (Å²) in [6.45, 7) is 23.5. The molecular weight excluding hydrogens is 976 g/mol. The van der Waals surface area contributed by atoms with Gasteiger partial charge in [-0.05, 0) is 119 Å². The number of aliphatic carboxylic acids is 3. The minimum atomic E-state index is -1.45. The van der Waals surface area contributed by atoms with Crippen molar-refractivity contribution in [3.8, 4) is 23.0 Å². The third-order valence-corrected chi connectivity index (χ3v) is 11.4. The van der Waals surface area contributed by atoms with E-state index in [9.17, 15) is 34.5 Å². The van der Waals surface area contributed by atoms with Crippen LogP contribution in [0.3, 0.4) is 0 Å². The number of carboxylic acids is 3. The molecule has 404 valence electrons. The number of ether oxygens (including phenoxy) is 5. The molecule has 0 radical (unpaired) electrons. The number of hydrogen-bond acceptors (Lipinski definition) is 11. The first-order chi connectivity index (χ1) is 35.7. The van der Waals surface area contributed by atoms with Crippen molar-refractivity contribution in [3.05, 3.63) is 192 Å². The van der Waals surface area contributed by atoms with Crippen molar-refractivity contribution in [2.75, 3.05) is 26.4 Å². The SMILES string of the molecule is C=CC(C)CC/C=C/C(C)/C(=C/C(=O)O)C(=O)[O-].C=CC(C)CC/C=C/C(C)/C(=C/C(=O)OC(COc1ccc(C)cc1)COc1ccc(C)cc1)C(=O)O.Cc1ccc(OCC(O)COc2ccc(C)cc2)cc1.[Na+]. The molecule has 4 rings (SSSR count). The van der Waals surface area contributed by atoms with Crippen LogP contribution >= 0.6 is 0 Å². The van der Waals surface area contributed by atoms with Crippen LogP contribution in [0.2, 0.25) is 0 Å². The predicted octanol–water partition coefficient (Wildman–Crippen LogP) is 8.15. The summed E-state index contributed by atoms with van der Waals surface area (Å²) in [6.07, 6.45) is 14.7. The van der Waals surface area contributed by atoms with Crippen molar-refractivity contribution >= 4 is 23.9 Å². The molecule has 4 atom stereocenters. The van der Waals surface area contributed by atoms with E-state index in [0.29, 0.717) is 29.4 Å². The van der Waals surface area contributed by atoms with Crippen LogP contribution in [-0.2, 0) is 23.9 Å². The summed E-state index contributed by atoms with van der Waals surface area (Å²) in [5.41, 5.74) is 4.29. The first kappa shape index (κ1) is 67.4. The number of hydrogen-bond donors (Lipinski definition) is 3. The average molecular weight is 1050 g/mol. The van der Waals surface area contributed by atoms with Crippen LogP contribution in [-0.4, -0.2) is 77.8 Å². The monoisotopic (exact) mass is 1050 g/mol. The molecule has 0 aliphatic heterocycles. The standard InChI is InChI=1S/C31H38O6.C17H20O3.C14H20O4.Na/c1-6-22(2)9-7-8-10-25(5)29(31(33)34)19-30(32)37-28(20-35-26-15-11-23(3)12-16-26)21-36-27-17-13-24(4)14-18-27;1-13-3-7-16(8-4-13)19-11-15(18)12-20-17-9-5-14(2)6-10-17;1-4-10(2)7-5-6-8-11(3)12(14(17)18)9-13(15)16;/h6,8,10-19,22,25,28H,1,7,9,20-21H2,2-5H3,(H,33,34);3-10,15,18H,11-12H2,1-2H3;4,6,8-11H,1,5,7H2,2-3H3,(H,15,16)(H,17,18);/q;;;+1/p-1/b10-8+,29-19-;;8-6+,12-9-;. The Labute approximate surface area is 472 Å². The Bertz CT molecular complexity index is 2380. The molecule has 0 aliphatic rings. The summed E-state index contributed by atoms with van der Waals surface area (Å²) in [7, 11) is 0. The topological polar surface area (TPSA) is 198 Å². The largest absolute Gasteiger partial charge is 1.00 e. The van der Waals surface area contributed by atoms with Gasteiger partial charge in [0.1, 0.15) is 55.5 Å². The van der Waals surface area contributed by atoms with Crippen LogP contribution in [0.5, 0.6) is 23.0 Å². The van der Waals surface area contributed by atoms with E-state index in [1.54, 1.807) is 26.0 Å². The second-order valence-corrected chi connectivity index (χ2v) is 18.4. The molecule has 0 heterocycles. The Hall–Kier alpha value is -6.64. The fourth-order valence-electron chi connectivity index (χ4n) is 6.45. The molecule has 0 saturated heterocycles. The van der Waals surface area contributed by atoms with Crippen LogP contribution in [0, 0.1) is 51.4 Å². The number of aliphatic hydroxyl groups is 1. The number of esters is 1. The maximum absolute atomic E-state index is 12.7. The normalized spacial score (nSPS) is 12.9. The number of carbonyl (C=O) groups is 4. The van der Waals surface area contributed by atoms with Gasteiger partial charge < -0.3 is 48.9 Å². The summed E-state index contributed by atoms with van der Waals surface area (Å²) in [5.74, 6) is -2.05. The molecule has 0 aliphatic carbocycles. The molecule has 0 aromatic heterocycles. The van der Waals surface area contributed by atoms with E-state index in [2.05, 4.69) is 20.1 Å². The van der Waals surface area contributed by atoms with Gasteiger partial charge in [0.05, 0.1) is 11.5 Å². The van der Waals surface area contributed by atoms with E-state index in [1.165, 1.54) is 11.1 Å². The third-order valence-electron chi connectivity index (χ3n) is 11.4. The minimum absolute atomic E-state index is 0. The molecule has 0 bridgehead atoms. The molecule has 4 aromatic rings. The Morgan fingerprint density at radius 1 is 0.539 bits per heavy atom. The van der Waals surface area contributed by atoms with Gasteiger partial charge in [-0.2, -0.15) is 0 Å². The van der Waals surface area contributed by atoms with Gasteiger partial charge in [0.25, 0.3) is 0 Å². The number of carboxylic acid groups (broad SMARTS) is 3. The molecule has 0 amide bonds. The van der Waals surface area contributed by atoms with Crippen LogP contribution in [0.1, 0.15) is 75.6 Å². The van der Waals surface area contributed by atoms with Crippen molar-refractivity contribution < 1.29 is 92.8 Å². The van der Waals surface area contributed by atoms with Gasteiger partial charge >= 0.3 is 47.5 Å². The summed E-state index contributed by atoms with van der Waals surface area (Å²) >= 11 is 0. The number of allylic oxidation sites excluding steroid dienone is 6. The van der Waals surface area contributed by atoms with E-state index < -0.39 is 47.9 Å². The molecule has 0 spiro atoms. The van der Waals surface area contributed by atoms with E-state index >= 15 is 0 Å². The molecule has 13 nitrogen and oxygen atoms in total. The summed E-state index contributed by atoms with van der Waals surface area (Å²) in [4.78, 5) is 45.8. The van der Waals surface area contributed by atoms with Crippen LogP contribution in [0.25, 0.3) is 0 Å². The van der Waals surface area contributed by atoms with Gasteiger partial charge in [0, 0.05) is 24.0 Å². The van der Waals surface area contributed by atoms with Crippen molar-refractivity contribution in [3.63, 3.8) is 0 Å². The Morgan fingerprint density at radius 3 is 1.17 bits per heavy atom. The second-order valence-electron chi connectivity index (χ2n) is 18.4. The van der Waals surface area contributed by atoms with Gasteiger partial charge in [-0.3, -0.25) is 0 Å². The number of carbonyl (C=O) groups excluding carboxylic acids is 2. The summed E-state index contributed by atoms with van der Waals surface area (Å²) in [6, 6.07) is 30.5. The molecule has 76 heavy (non-hydrogen) atoms. The van der Waals surface area contributed by atoms with Gasteiger partial charge in [0.2, 0.25) is 0 Å². The maximum atomic E-state index is 12.7. The van der Waals surface area contributed by atoms with Crippen LogP contribution in [0.15, 0.2) is 170 Å². The number of aryl methyl sites for hydroxylation is 4. The first-order valence-electron chi connectivity index (χ1n) is 25.0. The van der Waals surface area contributed by atoms with Gasteiger partial charge in [0.15, 0.2) is 6.10 Å². The smallest absolute Gasteiger partial charge is 0.545 e. The molecule has 0 saturated carbocycles. The molecule has 0 fully saturated rings. The maximum Gasteiger partial charge on any atom is 1.00 e. The summed E-state index contributed by atoms with van der Waals surface area (Å²) in [5, 5.41) is 38.8. The molecule has 3 N–H and O–H groups in total. The first-order valence-corrected chi connectivity index (χ1v) is 25.0. The van der Waals surface area contributed by atoms with E-state index in [-0.39, 0.29) is 67.1 Å². The van der Waals surface area contributed by atoms with Crippen LogP contribution < -0.4 is 53.6 Å². The average Bonchev–Trinajstić information content (AvgIpc) is 3.38. The van der Waals surface area contributed by atoms with Crippen molar-refractivity contribution in [1.29, 1.82) is 0 Å². The van der Waals surface area contributed by atoms with Gasteiger partial charge in [-0.15, -0.1) is 13.2 Å². The Balaban J connectivity index is 0.000000624. The predicted molar refractivity (Wildman–Crippen MR) is 293 cm³/mol. The fourth-order valence-corrected chi connectivity index (χ4v) is 6.45. The van der Waals surface area contributed by atoms with Gasteiger partial charge in [-0.25, -0.2) is 14.4 Å². The van der Waals surface area contributed by atoms with Crippen LogP contribution in [0.4, 0.5) is 0 Å². The summed E-state index contributed by atoms with van der Waals surface area (Å²) < 4.78 is 28.2. The van der Waals surface area contributed by atoms with Crippen molar-refractivity contribution in [1.82, 2.24) is 0 Å². The zero-order chi connectivity index (χ0) is 55.7. The molecule has 14 heteroatoms. The fraction of sp³-hybridized carbons (Fsp3) is 0.355. The quantitative estimate of drug-likeness (QED) is 0.0204. The zero-order valence-electron chi connectivity index (χ0n) is 45.8. The van der Waals surface area contributed by atoms with Crippen molar-refractivity contribution in [2.24, 2.45) is 23.7 Å². The number of aliphatic hydroxyl groups excluding tert-OH is 1. The van der Waals surface area contributed by atoms with Crippen molar-refractivity contribution in [2.45, 2.75) is 93.3 Å². The second kappa shape index (κ2) is 38.0. The third kappa shape index (κ3) is 30.0. The molecular formula is C62H77NaO13. The number of benzene rings is 4. The molecule has 4 aromatic carbocycles. The Morgan fingerprint density at radius 2 is 0.868 bits per heavy atom. The Kier molecular flexibility index (Phi) is 33.7. The number of rotatable bonds is 29. The van der Waals surface area contributed by atoms with E-state index in [4.69, 9.17) is 28.8 Å². The zero-order valence-corrected chi connectivity index (χ0v) is 47.8. The van der Waals surface area contributed by atoms with E-state index in [1.807, 2.05) is 156 Å². The minimum Gasteiger partial charge on any atom is -0.545 e. The van der Waals surface area contributed by atoms with Gasteiger partial charge in [-0.1, -0.05) is 135 Å². The van der Waals surface area contributed by atoms with E-state index in [0.717, 1.165) is 54.4 Å². The molecule has 4 unspecified atom stereocenters.